The first kappa shape index (κ1) is 26.0. The summed E-state index contributed by atoms with van der Waals surface area (Å²) in [5, 5.41) is 13.1. The first-order valence-electron chi connectivity index (χ1n) is 12.1. The summed E-state index contributed by atoms with van der Waals surface area (Å²) >= 11 is 0. The van der Waals surface area contributed by atoms with Crippen molar-refractivity contribution in [1.29, 1.82) is 0 Å². The lowest BCUT2D eigenvalue weighted by atomic mass is 10.0. The van der Waals surface area contributed by atoms with Crippen LogP contribution in [0.5, 0.6) is 0 Å². The van der Waals surface area contributed by atoms with Gasteiger partial charge < -0.3 is 29.8 Å². The number of aromatic nitrogens is 4. The molecule has 0 aliphatic rings. The Morgan fingerprint density at radius 2 is 1.87 bits per heavy atom. The van der Waals surface area contributed by atoms with Crippen LogP contribution in [0.4, 0.5) is 20.2 Å². The minimum atomic E-state index is -1.33. The number of anilines is 2. The van der Waals surface area contributed by atoms with Crippen LogP contribution in [0.15, 0.2) is 35.5 Å². The molecule has 5 rings (SSSR count). The number of halogens is 2. The Kier molecular flexibility index (Phi) is 6.43. The highest BCUT2D eigenvalue weighted by Crippen LogP contribution is 2.42. The molecule has 0 saturated carbocycles. The summed E-state index contributed by atoms with van der Waals surface area (Å²) in [5.74, 6) is -3.35. The van der Waals surface area contributed by atoms with Gasteiger partial charge in [0.2, 0.25) is 5.43 Å². The van der Waals surface area contributed by atoms with Crippen molar-refractivity contribution in [2.24, 2.45) is 0 Å². The third-order valence-corrected chi connectivity index (χ3v) is 6.72. The van der Waals surface area contributed by atoms with Gasteiger partial charge in [0.25, 0.3) is 0 Å². The van der Waals surface area contributed by atoms with E-state index < -0.39 is 23.0 Å². The molecule has 10 nitrogen and oxygen atoms in total. The van der Waals surface area contributed by atoms with Crippen molar-refractivity contribution >= 4 is 50.3 Å². The molecular formula is C27H27F2N7O3. The molecule has 0 bridgehead atoms. The minimum Gasteiger partial charge on any atom is -0.477 e. The van der Waals surface area contributed by atoms with Gasteiger partial charge in [-0.2, -0.15) is 0 Å². The van der Waals surface area contributed by atoms with Crippen LogP contribution in [0.3, 0.4) is 0 Å². The molecular weight excluding hydrogens is 508 g/mol. The maximum atomic E-state index is 15.2. The van der Waals surface area contributed by atoms with E-state index in [0.29, 0.717) is 57.8 Å². The molecule has 4 heterocycles. The van der Waals surface area contributed by atoms with Gasteiger partial charge in [-0.15, -0.1) is 0 Å². The highest BCUT2D eigenvalue weighted by Gasteiger charge is 2.24. The molecule has 0 saturated heterocycles. The van der Waals surface area contributed by atoms with Crippen molar-refractivity contribution in [2.75, 3.05) is 52.0 Å². The quantitative estimate of drug-likeness (QED) is 0.288. The first-order valence-corrected chi connectivity index (χ1v) is 12.1. The zero-order valence-corrected chi connectivity index (χ0v) is 22.1. The van der Waals surface area contributed by atoms with Gasteiger partial charge in [-0.1, -0.05) is 0 Å². The fourth-order valence-electron chi connectivity index (χ4n) is 4.87. The number of nitrogens with zero attached hydrogens (tertiary/aromatic N) is 5. The molecule has 0 radical (unpaired) electrons. The highest BCUT2D eigenvalue weighted by molar-refractivity contribution is 6.18. The largest absolute Gasteiger partial charge is 0.477 e. The number of pyridine rings is 3. The van der Waals surface area contributed by atoms with Gasteiger partial charge in [0.15, 0.2) is 11.6 Å². The molecule has 0 aliphatic heterocycles. The Morgan fingerprint density at radius 3 is 2.51 bits per heavy atom. The van der Waals surface area contributed by atoms with E-state index in [2.05, 4.69) is 20.3 Å². The molecule has 4 aromatic heterocycles. The summed E-state index contributed by atoms with van der Waals surface area (Å²) in [7, 11) is 8.91. The maximum Gasteiger partial charge on any atom is 0.341 e. The van der Waals surface area contributed by atoms with Gasteiger partial charge >= 0.3 is 5.97 Å². The fraction of sp³-hybridized carbons (Fsp3) is 0.259. The van der Waals surface area contributed by atoms with Gasteiger partial charge in [-0.25, -0.2) is 23.5 Å². The van der Waals surface area contributed by atoms with E-state index in [1.54, 1.807) is 49.1 Å². The Balaban J connectivity index is 1.83. The topological polar surface area (TPSA) is 119 Å². The number of H-pyrrole nitrogens is 1. The number of carboxylic acids is 1. The second-order valence-electron chi connectivity index (χ2n) is 9.75. The predicted octanol–water partition coefficient (Wildman–Crippen LogP) is 3.74. The summed E-state index contributed by atoms with van der Waals surface area (Å²) < 4.78 is 31.4. The lowest BCUT2D eigenvalue weighted by Gasteiger charge is -2.20. The average molecular weight is 536 g/mol. The molecule has 0 amide bonds. The Bertz CT molecular complexity index is 1840. The number of aromatic amines is 1. The van der Waals surface area contributed by atoms with Gasteiger partial charge in [0.05, 0.1) is 33.1 Å². The Hall–Kier alpha value is -4.58. The number of carbonyl (C=O) groups is 1. The average Bonchev–Trinajstić information content (AvgIpc) is 3.29. The number of benzene rings is 1. The number of carboxylic acid groups (broad SMARTS) is 1. The van der Waals surface area contributed by atoms with E-state index in [-0.39, 0.29) is 16.3 Å². The van der Waals surface area contributed by atoms with E-state index >= 15 is 4.39 Å². The monoisotopic (exact) mass is 535 g/mol. The van der Waals surface area contributed by atoms with E-state index in [9.17, 15) is 19.1 Å². The van der Waals surface area contributed by atoms with Crippen molar-refractivity contribution < 1.29 is 18.7 Å². The van der Waals surface area contributed by atoms with Crippen molar-refractivity contribution in [2.45, 2.75) is 6.54 Å². The molecule has 0 aliphatic carbocycles. The van der Waals surface area contributed by atoms with Crippen molar-refractivity contribution in [3.8, 4) is 11.1 Å². The summed E-state index contributed by atoms with van der Waals surface area (Å²) in [4.78, 5) is 40.9. The summed E-state index contributed by atoms with van der Waals surface area (Å²) in [6.45, 7) is 1.02. The van der Waals surface area contributed by atoms with E-state index in [1.165, 1.54) is 6.20 Å². The minimum absolute atomic E-state index is 0.0420. The normalized spacial score (nSPS) is 11.7. The lowest BCUT2D eigenvalue weighted by molar-refractivity contribution is 0.0694. The van der Waals surface area contributed by atoms with Crippen LogP contribution >= 0.6 is 0 Å². The van der Waals surface area contributed by atoms with Gasteiger partial charge in [-0.05, 0) is 20.2 Å². The standard InChI is InChI=1S/C27H27F2N7O3/c1-30-18-9-17(28)21(29)19-20-23(35(4)5)15(11-31-25(20)33-22(18)19)13-8-14-24(37)16(27(38)39)12-36(7-6-34(2)3)26(14)32-10-13/h8-12,30H,6-7H2,1-5H3,(H,31,33)(H,38,39). The molecule has 0 fully saturated rings. The van der Waals surface area contributed by atoms with Crippen molar-refractivity contribution in [3.05, 3.63) is 58.1 Å². The van der Waals surface area contributed by atoms with Crippen LogP contribution < -0.4 is 15.6 Å². The van der Waals surface area contributed by atoms with Crippen LogP contribution in [0.1, 0.15) is 10.4 Å². The molecule has 0 unspecified atom stereocenters. The van der Waals surface area contributed by atoms with Gasteiger partial charge in [-0.3, -0.25) is 4.79 Å². The van der Waals surface area contributed by atoms with Crippen LogP contribution in [-0.4, -0.2) is 77.3 Å². The smallest absolute Gasteiger partial charge is 0.341 e. The number of hydrogen-bond donors (Lipinski definition) is 3. The van der Waals surface area contributed by atoms with Gasteiger partial charge in [0, 0.05) is 70.0 Å². The highest BCUT2D eigenvalue weighted by atomic mass is 19.2. The zero-order valence-electron chi connectivity index (χ0n) is 22.1. The molecule has 12 heteroatoms. The van der Waals surface area contributed by atoms with Crippen LogP contribution in [0, 0.1) is 11.6 Å². The summed E-state index contributed by atoms with van der Waals surface area (Å²) in [5.41, 5.74) is 1.92. The maximum absolute atomic E-state index is 15.2. The van der Waals surface area contributed by atoms with Crippen LogP contribution in [-0.2, 0) is 6.54 Å². The fourth-order valence-corrected chi connectivity index (χ4v) is 4.87. The number of nitrogens with one attached hydrogen (secondary N) is 2. The molecule has 3 N–H and O–H groups in total. The molecule has 0 spiro atoms. The van der Waals surface area contributed by atoms with E-state index in [0.717, 1.165) is 6.07 Å². The predicted molar refractivity (Wildman–Crippen MR) is 148 cm³/mol. The third kappa shape index (κ3) is 4.22. The van der Waals surface area contributed by atoms with Crippen LogP contribution in [0.25, 0.3) is 44.1 Å². The van der Waals surface area contributed by atoms with Gasteiger partial charge in [0.1, 0.15) is 16.9 Å². The summed E-state index contributed by atoms with van der Waals surface area (Å²) in [6, 6.07) is 2.65. The van der Waals surface area contributed by atoms with Crippen LogP contribution in [0.2, 0.25) is 0 Å². The molecule has 39 heavy (non-hydrogen) atoms. The third-order valence-electron chi connectivity index (χ3n) is 6.72. The molecule has 202 valence electrons. The molecule has 5 aromatic rings. The van der Waals surface area contributed by atoms with E-state index in [4.69, 9.17) is 0 Å². The van der Waals surface area contributed by atoms with Crippen molar-refractivity contribution in [3.63, 3.8) is 0 Å². The second-order valence-corrected chi connectivity index (χ2v) is 9.75. The number of rotatable bonds is 7. The second kappa shape index (κ2) is 9.62. The lowest BCUT2D eigenvalue weighted by Crippen LogP contribution is -2.23. The Labute approximate surface area is 221 Å². The number of aromatic carboxylic acids is 1. The number of fused-ring (bicyclic) bond motifs is 4. The van der Waals surface area contributed by atoms with E-state index in [1.807, 2.05) is 19.0 Å². The first-order chi connectivity index (χ1) is 18.5. The number of likely N-dealkylation sites (N-methyl/N-ethyl adjacent to an activating group) is 1. The SMILES string of the molecule is CNc1cc(F)c(F)c2c1[nH]c1ncc(-c3cnc4c(c3)c(=O)c(C(=O)O)cn4CCN(C)C)c(N(C)C)c12. The number of hydrogen-bond acceptors (Lipinski definition) is 7. The summed E-state index contributed by atoms with van der Waals surface area (Å²) in [6.07, 6.45) is 4.44. The molecule has 0 atom stereocenters. The zero-order chi connectivity index (χ0) is 28.2. The Morgan fingerprint density at radius 1 is 1.13 bits per heavy atom. The molecule has 1 aromatic carbocycles. The van der Waals surface area contributed by atoms with Crippen molar-refractivity contribution in [1.82, 2.24) is 24.4 Å².